The van der Waals surface area contributed by atoms with Gasteiger partial charge in [0.25, 0.3) is 5.91 Å². The van der Waals surface area contributed by atoms with E-state index in [4.69, 9.17) is 10.5 Å². The van der Waals surface area contributed by atoms with E-state index in [1.54, 1.807) is 17.9 Å². The Morgan fingerprint density at radius 3 is 2.81 bits per heavy atom. The number of nitrogens with two attached hydrogens (primary N) is 1. The van der Waals surface area contributed by atoms with Gasteiger partial charge >= 0.3 is 5.69 Å². The Balaban J connectivity index is 0.00000220. The number of likely N-dealkylation sites (tertiary alicyclic amines) is 1. The van der Waals surface area contributed by atoms with Crippen LogP contribution in [0.15, 0.2) is 18.2 Å². The van der Waals surface area contributed by atoms with Crippen LogP contribution >= 0.6 is 12.4 Å². The van der Waals surface area contributed by atoms with Crippen LogP contribution in [0.1, 0.15) is 23.7 Å². The molecule has 1 fully saturated rings. The maximum Gasteiger partial charge on any atom is 0.311 e. The molecular weight excluding hydrogens is 298 g/mol. The first-order chi connectivity index (χ1) is 9.52. The highest BCUT2D eigenvalue weighted by Crippen LogP contribution is 2.28. The first kappa shape index (κ1) is 17.2. The van der Waals surface area contributed by atoms with E-state index in [2.05, 4.69) is 0 Å². The number of carbonyl (C=O) groups is 1. The molecule has 0 radical (unpaired) electrons. The van der Waals surface area contributed by atoms with Crippen LogP contribution in [0.2, 0.25) is 0 Å². The minimum absolute atomic E-state index is 0. The third-order valence-electron chi connectivity index (χ3n) is 3.21. The number of nitro benzene ring substituents is 1. The number of benzene rings is 1. The smallest absolute Gasteiger partial charge is 0.311 e. The summed E-state index contributed by atoms with van der Waals surface area (Å²) >= 11 is 0. The predicted molar refractivity (Wildman–Crippen MR) is 80.0 cm³/mol. The topological polar surface area (TPSA) is 98.7 Å². The van der Waals surface area contributed by atoms with Crippen molar-refractivity contribution in [2.75, 3.05) is 19.7 Å². The standard InChI is InChI=1S/C13H17N3O4.ClH/c1-2-20-12-4-3-9(7-11(12)16(18)19)13(17)15-6-5-10(14)8-15;/h3-4,7,10H,2,5-6,8,14H2,1H3;1H/t10-;/m1./s1. The monoisotopic (exact) mass is 315 g/mol. The van der Waals surface area contributed by atoms with Crippen LogP contribution in [0.5, 0.6) is 5.75 Å². The number of amides is 1. The van der Waals surface area contributed by atoms with Crippen molar-refractivity contribution in [3.63, 3.8) is 0 Å². The van der Waals surface area contributed by atoms with Crippen LogP contribution in [0.25, 0.3) is 0 Å². The van der Waals surface area contributed by atoms with Crippen molar-refractivity contribution in [1.82, 2.24) is 4.90 Å². The highest BCUT2D eigenvalue weighted by molar-refractivity contribution is 5.95. The van der Waals surface area contributed by atoms with E-state index < -0.39 is 4.92 Å². The first-order valence-corrected chi connectivity index (χ1v) is 6.49. The van der Waals surface area contributed by atoms with Gasteiger partial charge in [0, 0.05) is 30.8 Å². The number of hydrogen-bond acceptors (Lipinski definition) is 5. The summed E-state index contributed by atoms with van der Waals surface area (Å²) < 4.78 is 5.19. The predicted octanol–water partition coefficient (Wildman–Crippen LogP) is 1.59. The van der Waals surface area contributed by atoms with Gasteiger partial charge in [-0.1, -0.05) is 0 Å². The van der Waals surface area contributed by atoms with E-state index in [0.717, 1.165) is 6.42 Å². The fourth-order valence-electron chi connectivity index (χ4n) is 2.22. The molecule has 1 aliphatic heterocycles. The second-order valence-corrected chi connectivity index (χ2v) is 4.67. The number of ether oxygens (including phenoxy) is 1. The number of rotatable bonds is 4. The van der Waals surface area contributed by atoms with Crippen molar-refractivity contribution in [2.24, 2.45) is 5.73 Å². The second kappa shape index (κ2) is 7.24. The van der Waals surface area contributed by atoms with Gasteiger partial charge in [-0.25, -0.2) is 0 Å². The Kier molecular flexibility index (Phi) is 5.92. The third kappa shape index (κ3) is 3.83. The number of carbonyl (C=O) groups excluding carboxylic acids is 1. The molecule has 8 heteroatoms. The van der Waals surface area contributed by atoms with Gasteiger partial charge in [0.2, 0.25) is 0 Å². The van der Waals surface area contributed by atoms with Crippen molar-refractivity contribution >= 4 is 24.0 Å². The lowest BCUT2D eigenvalue weighted by Gasteiger charge is -2.16. The molecule has 2 rings (SSSR count). The molecule has 1 aliphatic rings. The van der Waals surface area contributed by atoms with E-state index in [-0.39, 0.29) is 41.4 Å². The molecule has 1 amide bonds. The van der Waals surface area contributed by atoms with Crippen LogP contribution in [0.3, 0.4) is 0 Å². The summed E-state index contributed by atoms with van der Waals surface area (Å²) in [5.74, 6) is -0.0590. The van der Waals surface area contributed by atoms with Crippen LogP contribution in [0, 0.1) is 10.1 Å². The van der Waals surface area contributed by atoms with Gasteiger partial charge < -0.3 is 15.4 Å². The van der Waals surface area contributed by atoms with Crippen LogP contribution in [-0.2, 0) is 0 Å². The van der Waals surface area contributed by atoms with Gasteiger partial charge in [0.1, 0.15) is 0 Å². The average Bonchev–Trinajstić information content (AvgIpc) is 2.85. The van der Waals surface area contributed by atoms with Crippen molar-refractivity contribution in [2.45, 2.75) is 19.4 Å². The fraction of sp³-hybridized carbons (Fsp3) is 0.462. The van der Waals surface area contributed by atoms with E-state index in [1.165, 1.54) is 12.1 Å². The zero-order valence-electron chi connectivity index (χ0n) is 11.7. The molecule has 0 unspecified atom stereocenters. The molecule has 2 N–H and O–H groups in total. The van der Waals surface area contributed by atoms with Crippen LogP contribution in [-0.4, -0.2) is 41.5 Å². The highest BCUT2D eigenvalue weighted by atomic mass is 35.5. The zero-order valence-corrected chi connectivity index (χ0v) is 12.5. The lowest BCUT2D eigenvalue weighted by molar-refractivity contribution is -0.385. The van der Waals surface area contributed by atoms with Gasteiger partial charge in [-0.3, -0.25) is 14.9 Å². The summed E-state index contributed by atoms with van der Waals surface area (Å²) in [7, 11) is 0. The Morgan fingerprint density at radius 2 is 2.29 bits per heavy atom. The fourth-order valence-corrected chi connectivity index (χ4v) is 2.22. The van der Waals surface area contributed by atoms with Crippen molar-refractivity contribution in [1.29, 1.82) is 0 Å². The van der Waals surface area contributed by atoms with Crippen LogP contribution < -0.4 is 10.5 Å². The van der Waals surface area contributed by atoms with E-state index in [0.29, 0.717) is 19.7 Å². The minimum Gasteiger partial charge on any atom is -0.487 e. The van der Waals surface area contributed by atoms with Crippen molar-refractivity contribution < 1.29 is 14.5 Å². The molecule has 1 atom stereocenters. The van der Waals surface area contributed by atoms with Crippen molar-refractivity contribution in [3.8, 4) is 5.75 Å². The average molecular weight is 316 g/mol. The minimum atomic E-state index is -0.544. The lowest BCUT2D eigenvalue weighted by Crippen LogP contribution is -2.31. The number of hydrogen-bond donors (Lipinski definition) is 1. The summed E-state index contributed by atoms with van der Waals surface area (Å²) in [5.41, 5.74) is 5.85. The summed E-state index contributed by atoms with van der Waals surface area (Å²) in [6.45, 7) is 3.14. The molecule has 21 heavy (non-hydrogen) atoms. The van der Waals surface area contributed by atoms with Gasteiger partial charge in [0.05, 0.1) is 11.5 Å². The Morgan fingerprint density at radius 1 is 1.57 bits per heavy atom. The molecule has 0 aromatic heterocycles. The van der Waals surface area contributed by atoms with E-state index >= 15 is 0 Å². The molecule has 1 heterocycles. The van der Waals surface area contributed by atoms with Crippen molar-refractivity contribution in [3.05, 3.63) is 33.9 Å². The molecule has 7 nitrogen and oxygen atoms in total. The van der Waals surface area contributed by atoms with Crippen LogP contribution in [0.4, 0.5) is 5.69 Å². The summed E-state index contributed by atoms with van der Waals surface area (Å²) in [6, 6.07) is 4.25. The molecule has 0 bridgehead atoms. The first-order valence-electron chi connectivity index (χ1n) is 6.49. The molecule has 0 aliphatic carbocycles. The maximum atomic E-state index is 12.2. The molecule has 0 saturated carbocycles. The number of halogens is 1. The SMILES string of the molecule is CCOc1ccc(C(=O)N2CC[C@@H](N)C2)cc1[N+](=O)[O-].Cl. The van der Waals surface area contributed by atoms with E-state index in [1.807, 2.05) is 0 Å². The molecule has 116 valence electrons. The van der Waals surface area contributed by atoms with Gasteiger partial charge in [-0.2, -0.15) is 0 Å². The lowest BCUT2D eigenvalue weighted by atomic mass is 10.1. The molecular formula is C13H18ClN3O4. The molecule has 0 spiro atoms. The molecule has 1 saturated heterocycles. The highest BCUT2D eigenvalue weighted by Gasteiger charge is 2.26. The Bertz CT molecular complexity index is 538. The molecule has 1 aromatic rings. The third-order valence-corrected chi connectivity index (χ3v) is 3.21. The quantitative estimate of drug-likeness (QED) is 0.672. The zero-order chi connectivity index (χ0) is 14.7. The number of nitro groups is 1. The largest absolute Gasteiger partial charge is 0.487 e. The van der Waals surface area contributed by atoms with E-state index in [9.17, 15) is 14.9 Å². The van der Waals surface area contributed by atoms with Gasteiger partial charge in [-0.15, -0.1) is 12.4 Å². The van der Waals surface area contributed by atoms with Gasteiger partial charge in [0.15, 0.2) is 5.75 Å². The molecule has 1 aromatic carbocycles. The Labute approximate surface area is 128 Å². The Hall–Kier alpha value is -1.86. The summed E-state index contributed by atoms with van der Waals surface area (Å²) in [6.07, 6.45) is 0.755. The normalized spacial score (nSPS) is 17.2. The summed E-state index contributed by atoms with van der Waals surface area (Å²) in [4.78, 5) is 24.3. The maximum absolute atomic E-state index is 12.2. The number of nitrogens with zero attached hydrogens (tertiary/aromatic N) is 2. The van der Waals surface area contributed by atoms with Gasteiger partial charge in [-0.05, 0) is 25.5 Å². The summed E-state index contributed by atoms with van der Waals surface area (Å²) in [5, 5.41) is 11.0. The second-order valence-electron chi connectivity index (χ2n) is 4.67.